The predicted octanol–water partition coefficient (Wildman–Crippen LogP) is 1.46. The van der Waals surface area contributed by atoms with Crippen molar-refractivity contribution in [3.05, 3.63) is 30.0 Å². The minimum Gasteiger partial charge on any atom is -0.497 e. The van der Waals surface area contributed by atoms with E-state index in [1.807, 2.05) is 36.0 Å². The van der Waals surface area contributed by atoms with Gasteiger partial charge in [-0.15, -0.1) is 0 Å². The minimum atomic E-state index is -1.11. The maximum Gasteiger partial charge on any atom is 0.324 e. The molecule has 19 heavy (non-hydrogen) atoms. The molecule has 2 unspecified atom stereocenters. The summed E-state index contributed by atoms with van der Waals surface area (Å²) in [7, 11) is 3.56. The highest BCUT2D eigenvalue weighted by Gasteiger charge is 2.59. The maximum atomic E-state index is 11.2. The number of nitrogens with zero attached hydrogens (tertiary/aromatic N) is 1. The first-order valence-corrected chi connectivity index (χ1v) is 6.12. The first-order chi connectivity index (χ1) is 8.97. The average Bonchev–Trinajstić information content (AvgIpc) is 2.98. The van der Waals surface area contributed by atoms with Crippen LogP contribution in [0.15, 0.2) is 24.4 Å². The number of benzene rings is 1. The summed E-state index contributed by atoms with van der Waals surface area (Å²) < 4.78 is 7.22. The second-order valence-electron chi connectivity index (χ2n) is 5.18. The van der Waals surface area contributed by atoms with Crippen LogP contribution in [0.5, 0.6) is 5.75 Å². The SMILES string of the molecule is COc1ccc2c(c1)c(C1CC1(N)C(=O)O)cn2C. The van der Waals surface area contributed by atoms with Gasteiger partial charge in [-0.3, -0.25) is 4.79 Å². The fourth-order valence-electron chi connectivity index (χ4n) is 2.71. The van der Waals surface area contributed by atoms with Crippen LogP contribution in [0.2, 0.25) is 0 Å². The summed E-state index contributed by atoms with van der Waals surface area (Å²) in [5.41, 5.74) is 6.82. The van der Waals surface area contributed by atoms with Crippen molar-refractivity contribution in [1.29, 1.82) is 0 Å². The number of aromatic nitrogens is 1. The number of carboxylic acid groups (broad SMARTS) is 1. The van der Waals surface area contributed by atoms with Crippen LogP contribution in [0, 0.1) is 0 Å². The molecule has 1 aliphatic rings. The lowest BCUT2D eigenvalue weighted by Crippen LogP contribution is -2.34. The molecular formula is C14H16N2O3. The third-order valence-electron chi connectivity index (χ3n) is 4.00. The average molecular weight is 260 g/mol. The molecule has 0 radical (unpaired) electrons. The summed E-state index contributed by atoms with van der Waals surface area (Å²) in [6.07, 6.45) is 2.45. The predicted molar refractivity (Wildman–Crippen MR) is 71.4 cm³/mol. The number of carboxylic acids is 1. The van der Waals surface area contributed by atoms with Gasteiger partial charge >= 0.3 is 5.97 Å². The van der Waals surface area contributed by atoms with Gasteiger partial charge in [0.2, 0.25) is 0 Å². The molecule has 5 nitrogen and oxygen atoms in total. The van der Waals surface area contributed by atoms with Crippen molar-refractivity contribution < 1.29 is 14.6 Å². The van der Waals surface area contributed by atoms with Crippen molar-refractivity contribution in [2.24, 2.45) is 12.8 Å². The van der Waals surface area contributed by atoms with E-state index in [0.717, 1.165) is 22.2 Å². The zero-order chi connectivity index (χ0) is 13.8. The number of methoxy groups -OCH3 is 1. The number of fused-ring (bicyclic) bond motifs is 1. The number of rotatable bonds is 3. The first kappa shape index (κ1) is 12.0. The Kier molecular flexibility index (Phi) is 2.37. The number of ether oxygens (including phenoxy) is 1. The van der Waals surface area contributed by atoms with Gasteiger partial charge < -0.3 is 20.1 Å². The van der Waals surface area contributed by atoms with Gasteiger partial charge in [0.25, 0.3) is 0 Å². The van der Waals surface area contributed by atoms with E-state index in [-0.39, 0.29) is 5.92 Å². The standard InChI is InChI=1S/C14H16N2O3/c1-16-7-10(11-6-14(11,15)13(17)18)9-5-8(19-2)3-4-12(9)16/h3-5,7,11H,6,15H2,1-2H3,(H,17,18). The van der Waals surface area contributed by atoms with E-state index in [1.165, 1.54) is 0 Å². The van der Waals surface area contributed by atoms with Crippen LogP contribution >= 0.6 is 0 Å². The zero-order valence-corrected chi connectivity index (χ0v) is 10.9. The third-order valence-corrected chi connectivity index (χ3v) is 4.00. The van der Waals surface area contributed by atoms with Gasteiger partial charge in [-0.05, 0) is 30.2 Å². The molecule has 1 heterocycles. The van der Waals surface area contributed by atoms with Crippen molar-refractivity contribution in [2.45, 2.75) is 17.9 Å². The normalized spacial score (nSPS) is 25.5. The molecule has 2 aromatic rings. The van der Waals surface area contributed by atoms with E-state index >= 15 is 0 Å². The Morgan fingerprint density at radius 1 is 1.58 bits per heavy atom. The molecule has 1 fully saturated rings. The van der Waals surface area contributed by atoms with Gasteiger partial charge in [-0.25, -0.2) is 0 Å². The topological polar surface area (TPSA) is 77.5 Å². The van der Waals surface area contributed by atoms with Crippen LogP contribution in [-0.4, -0.2) is 28.3 Å². The van der Waals surface area contributed by atoms with Crippen molar-refractivity contribution in [1.82, 2.24) is 4.57 Å². The lowest BCUT2D eigenvalue weighted by molar-refractivity contribution is -0.139. The van der Waals surface area contributed by atoms with Gasteiger partial charge in [-0.1, -0.05) is 0 Å². The molecule has 3 rings (SSSR count). The number of carbonyl (C=O) groups is 1. The summed E-state index contributed by atoms with van der Waals surface area (Å²) in [4.78, 5) is 11.2. The quantitative estimate of drug-likeness (QED) is 0.875. The Morgan fingerprint density at radius 3 is 2.89 bits per heavy atom. The first-order valence-electron chi connectivity index (χ1n) is 6.12. The monoisotopic (exact) mass is 260 g/mol. The molecule has 100 valence electrons. The Hall–Kier alpha value is -2.01. The van der Waals surface area contributed by atoms with E-state index in [2.05, 4.69) is 0 Å². The highest BCUT2D eigenvalue weighted by molar-refractivity contribution is 5.91. The summed E-state index contributed by atoms with van der Waals surface area (Å²) in [6, 6.07) is 5.80. The van der Waals surface area contributed by atoms with Gasteiger partial charge in [0, 0.05) is 30.1 Å². The smallest absolute Gasteiger partial charge is 0.324 e. The Balaban J connectivity index is 2.12. The molecule has 1 aromatic heterocycles. The molecule has 0 aliphatic heterocycles. The number of aliphatic carboxylic acids is 1. The molecule has 3 N–H and O–H groups in total. The van der Waals surface area contributed by atoms with Crippen molar-refractivity contribution in [2.75, 3.05) is 7.11 Å². The van der Waals surface area contributed by atoms with Crippen LogP contribution in [0.1, 0.15) is 17.9 Å². The molecule has 0 saturated heterocycles. The Morgan fingerprint density at radius 2 is 2.32 bits per heavy atom. The maximum absolute atomic E-state index is 11.2. The molecule has 0 amide bonds. The number of hydrogen-bond donors (Lipinski definition) is 2. The van der Waals surface area contributed by atoms with Crippen molar-refractivity contribution >= 4 is 16.9 Å². The highest BCUT2D eigenvalue weighted by atomic mass is 16.5. The number of aryl methyl sites for hydroxylation is 1. The molecule has 1 aromatic carbocycles. The third kappa shape index (κ3) is 1.62. The molecule has 1 aliphatic carbocycles. The van der Waals surface area contributed by atoms with Crippen molar-refractivity contribution in [3.8, 4) is 5.75 Å². The lowest BCUT2D eigenvalue weighted by Gasteiger charge is -2.05. The van der Waals surface area contributed by atoms with Crippen LogP contribution in [0.4, 0.5) is 0 Å². The van der Waals surface area contributed by atoms with Crippen LogP contribution < -0.4 is 10.5 Å². The van der Waals surface area contributed by atoms with Crippen LogP contribution in [0.25, 0.3) is 10.9 Å². The fraction of sp³-hybridized carbons (Fsp3) is 0.357. The molecule has 5 heteroatoms. The van der Waals surface area contributed by atoms with E-state index < -0.39 is 11.5 Å². The van der Waals surface area contributed by atoms with Gasteiger partial charge in [0.1, 0.15) is 11.3 Å². The molecule has 0 bridgehead atoms. The van der Waals surface area contributed by atoms with E-state index in [9.17, 15) is 4.79 Å². The van der Waals surface area contributed by atoms with Gasteiger partial charge in [-0.2, -0.15) is 0 Å². The van der Waals surface area contributed by atoms with Gasteiger partial charge in [0.05, 0.1) is 7.11 Å². The molecule has 1 saturated carbocycles. The Labute approximate surface area is 110 Å². The fourth-order valence-corrected chi connectivity index (χ4v) is 2.71. The van der Waals surface area contributed by atoms with E-state index in [0.29, 0.717) is 6.42 Å². The summed E-state index contributed by atoms with van der Waals surface area (Å²) in [6.45, 7) is 0. The summed E-state index contributed by atoms with van der Waals surface area (Å²) in [5.74, 6) is -0.295. The second kappa shape index (κ2) is 3.74. The van der Waals surface area contributed by atoms with E-state index in [4.69, 9.17) is 15.6 Å². The molecule has 0 spiro atoms. The molecular weight excluding hydrogens is 244 g/mol. The summed E-state index contributed by atoms with van der Waals surface area (Å²) >= 11 is 0. The largest absolute Gasteiger partial charge is 0.497 e. The second-order valence-corrected chi connectivity index (χ2v) is 5.18. The van der Waals surface area contributed by atoms with Crippen molar-refractivity contribution in [3.63, 3.8) is 0 Å². The molecule has 2 atom stereocenters. The minimum absolute atomic E-state index is 0.124. The highest BCUT2D eigenvalue weighted by Crippen LogP contribution is 2.52. The lowest BCUT2D eigenvalue weighted by atomic mass is 10.1. The Bertz CT molecular complexity index is 677. The van der Waals surface area contributed by atoms with Gasteiger partial charge in [0.15, 0.2) is 0 Å². The van der Waals surface area contributed by atoms with E-state index in [1.54, 1.807) is 7.11 Å². The summed E-state index contributed by atoms with van der Waals surface area (Å²) in [5, 5.41) is 10.2. The number of nitrogens with two attached hydrogens (primary N) is 1. The van der Waals surface area contributed by atoms with Crippen LogP contribution in [-0.2, 0) is 11.8 Å². The number of hydrogen-bond acceptors (Lipinski definition) is 3. The zero-order valence-electron chi connectivity index (χ0n) is 10.9. The van der Waals surface area contributed by atoms with Crippen LogP contribution in [0.3, 0.4) is 0 Å².